The van der Waals surface area contributed by atoms with Crippen molar-refractivity contribution in [2.24, 2.45) is 0 Å². The van der Waals surface area contributed by atoms with Gasteiger partial charge in [-0.1, -0.05) is 48.0 Å². The molecule has 2 aromatic carbocycles. The molecule has 1 N–H and O–H groups in total. The molecule has 150 valence electrons. The third-order valence-corrected chi connectivity index (χ3v) is 4.92. The average Bonchev–Trinajstić information content (AvgIpc) is 2.96. The number of anilines is 1. The molecule has 0 spiro atoms. The van der Waals surface area contributed by atoms with E-state index in [4.69, 9.17) is 0 Å². The second-order valence-corrected chi connectivity index (χ2v) is 7.12. The van der Waals surface area contributed by atoms with Gasteiger partial charge in [0.25, 0.3) is 5.91 Å². The van der Waals surface area contributed by atoms with Crippen LogP contribution in [-0.4, -0.2) is 29.1 Å². The first-order valence-electron chi connectivity index (χ1n) is 9.53. The van der Waals surface area contributed by atoms with E-state index in [1.54, 1.807) is 4.90 Å². The Morgan fingerprint density at radius 2 is 1.72 bits per heavy atom. The Bertz CT molecular complexity index is 949. The highest BCUT2D eigenvalue weighted by Crippen LogP contribution is 2.39. The van der Waals surface area contributed by atoms with Gasteiger partial charge in [-0.3, -0.25) is 9.59 Å². The van der Waals surface area contributed by atoms with Crippen LogP contribution in [-0.2, 0) is 14.4 Å². The van der Waals surface area contributed by atoms with Crippen molar-refractivity contribution in [1.29, 1.82) is 0 Å². The number of benzene rings is 2. The van der Waals surface area contributed by atoms with E-state index in [-0.39, 0.29) is 36.8 Å². The summed E-state index contributed by atoms with van der Waals surface area (Å²) in [7, 11) is 0. The van der Waals surface area contributed by atoms with Crippen LogP contribution in [0, 0.1) is 6.92 Å². The monoisotopic (exact) mass is 391 g/mol. The number of carbonyl (C=O) groups is 3. The second kappa shape index (κ2) is 8.73. The lowest BCUT2D eigenvalue weighted by molar-refractivity contribution is -0.305. The molecule has 6 heteroatoms. The van der Waals surface area contributed by atoms with Gasteiger partial charge in [-0.25, -0.2) is 0 Å². The lowest BCUT2D eigenvalue weighted by Crippen LogP contribution is -2.33. The second-order valence-electron chi connectivity index (χ2n) is 7.12. The lowest BCUT2D eigenvalue weighted by Gasteiger charge is -2.27. The number of carboxylic acid groups (broad SMARTS) is 1. The molecule has 1 aliphatic rings. The third kappa shape index (κ3) is 4.54. The highest BCUT2D eigenvalue weighted by molar-refractivity contribution is 6.11. The summed E-state index contributed by atoms with van der Waals surface area (Å²) in [5.74, 6) is -1.68. The average molecular weight is 391 g/mol. The van der Waals surface area contributed by atoms with Gasteiger partial charge in [0.2, 0.25) is 0 Å². The Labute approximate surface area is 169 Å². The molecule has 6 nitrogen and oxygen atoms in total. The van der Waals surface area contributed by atoms with Gasteiger partial charge in [0.15, 0.2) is 5.78 Å². The summed E-state index contributed by atoms with van der Waals surface area (Å²) in [6.45, 7) is 3.62. The maximum Gasteiger partial charge on any atom is 0.271 e. The molecule has 0 radical (unpaired) electrons. The largest absolute Gasteiger partial charge is 0.550 e. The van der Waals surface area contributed by atoms with E-state index in [9.17, 15) is 19.5 Å². The molecular formula is C23H23N2O4-. The van der Waals surface area contributed by atoms with Crippen molar-refractivity contribution < 1.29 is 19.5 Å². The van der Waals surface area contributed by atoms with Crippen LogP contribution in [0.3, 0.4) is 0 Å². The fourth-order valence-corrected chi connectivity index (χ4v) is 3.55. The molecule has 0 saturated heterocycles. The number of nitrogens with zero attached hydrogens (tertiary/aromatic N) is 1. The molecule has 29 heavy (non-hydrogen) atoms. The number of hydrogen-bond acceptors (Lipinski definition) is 5. The zero-order valence-corrected chi connectivity index (χ0v) is 16.5. The maximum atomic E-state index is 13.2. The van der Waals surface area contributed by atoms with Crippen molar-refractivity contribution in [1.82, 2.24) is 4.90 Å². The predicted molar refractivity (Wildman–Crippen MR) is 108 cm³/mol. The molecule has 2 aromatic rings. The van der Waals surface area contributed by atoms with Gasteiger partial charge in [-0.05, 0) is 44.4 Å². The summed E-state index contributed by atoms with van der Waals surface area (Å²) in [6, 6.07) is 16.3. The molecule has 0 bridgehead atoms. The van der Waals surface area contributed by atoms with Gasteiger partial charge >= 0.3 is 0 Å². The lowest BCUT2D eigenvalue weighted by atomic mass is 9.96. The van der Waals surface area contributed by atoms with E-state index < -0.39 is 12.0 Å². The first-order valence-corrected chi connectivity index (χ1v) is 9.53. The number of Topliss-reactive ketones (excluding diaryl/α,β-unsaturated/α-hetero) is 1. The number of ketones is 1. The van der Waals surface area contributed by atoms with E-state index >= 15 is 0 Å². The van der Waals surface area contributed by atoms with Gasteiger partial charge in [0.1, 0.15) is 5.70 Å². The third-order valence-electron chi connectivity index (χ3n) is 4.92. The summed E-state index contributed by atoms with van der Waals surface area (Å²) in [6.07, 6.45) is 0.0990. The molecule has 0 saturated carbocycles. The van der Waals surface area contributed by atoms with Gasteiger partial charge < -0.3 is 20.1 Å². The fraction of sp³-hybridized carbons (Fsp3) is 0.261. The van der Waals surface area contributed by atoms with Crippen LogP contribution in [0.2, 0.25) is 0 Å². The maximum absolute atomic E-state index is 13.2. The fourth-order valence-electron chi connectivity index (χ4n) is 3.55. The van der Waals surface area contributed by atoms with Gasteiger partial charge in [0.05, 0.1) is 11.6 Å². The molecule has 3 rings (SSSR count). The minimum Gasteiger partial charge on any atom is -0.550 e. The van der Waals surface area contributed by atoms with Gasteiger partial charge in [0, 0.05) is 18.2 Å². The van der Waals surface area contributed by atoms with Crippen molar-refractivity contribution in [3.8, 4) is 0 Å². The normalized spacial score (nSPS) is 16.3. The highest BCUT2D eigenvalue weighted by atomic mass is 16.4. The standard InChI is InChI=1S/C23H24N2O4/c1-15-10-12-18(13-11-15)24-21-20(16(2)26)22(17-7-4-3-5-8-17)25(23(21)29)14-6-9-19(27)28/h3-5,7-8,10-13,22,24H,6,9,14H2,1-2H3,(H,27,28)/p-1. The molecule has 0 fully saturated rings. The van der Waals surface area contributed by atoms with Crippen molar-refractivity contribution in [2.75, 3.05) is 11.9 Å². The van der Waals surface area contributed by atoms with E-state index in [1.807, 2.05) is 61.5 Å². The minimum absolute atomic E-state index is 0.151. The van der Waals surface area contributed by atoms with Crippen LogP contribution >= 0.6 is 0 Å². The Morgan fingerprint density at radius 1 is 1.07 bits per heavy atom. The number of aliphatic carboxylic acids is 1. The molecule has 1 heterocycles. The first-order chi connectivity index (χ1) is 13.9. The number of aryl methyl sites for hydroxylation is 1. The summed E-state index contributed by atoms with van der Waals surface area (Å²) in [4.78, 5) is 38.2. The highest BCUT2D eigenvalue weighted by Gasteiger charge is 2.41. The molecule has 1 aliphatic heterocycles. The Hall–Kier alpha value is -3.41. The SMILES string of the molecule is CC(=O)C1=C(Nc2ccc(C)cc2)C(=O)N(CCCC(=O)[O-])C1c1ccccc1. The van der Waals surface area contributed by atoms with Crippen LogP contribution in [0.15, 0.2) is 65.9 Å². The van der Waals surface area contributed by atoms with E-state index in [0.29, 0.717) is 11.3 Å². The smallest absolute Gasteiger partial charge is 0.271 e. The summed E-state index contributed by atoms with van der Waals surface area (Å²) >= 11 is 0. The first kappa shape index (κ1) is 20.3. The van der Waals surface area contributed by atoms with Crippen molar-refractivity contribution in [3.05, 3.63) is 77.0 Å². The Kier molecular flexibility index (Phi) is 6.12. The van der Waals surface area contributed by atoms with E-state index in [1.165, 1.54) is 6.92 Å². The molecule has 0 aliphatic carbocycles. The van der Waals surface area contributed by atoms with E-state index in [0.717, 1.165) is 11.1 Å². The zero-order chi connectivity index (χ0) is 21.0. The van der Waals surface area contributed by atoms with Crippen LogP contribution in [0.1, 0.15) is 36.9 Å². The van der Waals surface area contributed by atoms with Crippen molar-refractivity contribution >= 4 is 23.3 Å². The zero-order valence-electron chi connectivity index (χ0n) is 16.5. The summed E-state index contributed by atoms with van der Waals surface area (Å²) in [5, 5.41) is 13.9. The number of carboxylic acids is 1. The molecular weight excluding hydrogens is 368 g/mol. The molecule has 0 aromatic heterocycles. The topological polar surface area (TPSA) is 89.5 Å². The van der Waals surface area contributed by atoms with E-state index in [2.05, 4.69) is 5.32 Å². The Morgan fingerprint density at radius 3 is 2.31 bits per heavy atom. The molecule has 1 atom stereocenters. The quantitative estimate of drug-likeness (QED) is 0.746. The van der Waals surface area contributed by atoms with Crippen molar-refractivity contribution in [3.63, 3.8) is 0 Å². The van der Waals surface area contributed by atoms with Crippen LogP contribution in [0.5, 0.6) is 0 Å². The summed E-state index contributed by atoms with van der Waals surface area (Å²) in [5.41, 5.74) is 3.22. The Balaban J connectivity index is 2.01. The number of carbonyl (C=O) groups excluding carboxylic acids is 3. The van der Waals surface area contributed by atoms with Crippen LogP contribution in [0.4, 0.5) is 5.69 Å². The predicted octanol–water partition coefficient (Wildman–Crippen LogP) is 2.36. The van der Waals surface area contributed by atoms with Gasteiger partial charge in [-0.2, -0.15) is 0 Å². The van der Waals surface area contributed by atoms with Crippen LogP contribution in [0.25, 0.3) is 0 Å². The van der Waals surface area contributed by atoms with Crippen LogP contribution < -0.4 is 10.4 Å². The van der Waals surface area contributed by atoms with Crippen molar-refractivity contribution in [2.45, 2.75) is 32.7 Å². The number of amides is 1. The summed E-state index contributed by atoms with van der Waals surface area (Å²) < 4.78 is 0. The number of rotatable bonds is 8. The minimum atomic E-state index is -1.16. The molecule has 1 amide bonds. The number of hydrogen-bond donors (Lipinski definition) is 1. The van der Waals surface area contributed by atoms with Gasteiger partial charge in [-0.15, -0.1) is 0 Å². The molecule has 1 unspecified atom stereocenters. The number of nitrogens with one attached hydrogen (secondary N) is 1.